The van der Waals surface area contributed by atoms with Crippen molar-refractivity contribution in [2.45, 2.75) is 31.9 Å². The maximum Gasteiger partial charge on any atom is 0.304 e. The second-order valence-corrected chi connectivity index (χ2v) is 2.64. The number of hydrogen-bond donors (Lipinski definition) is 2. The molecule has 0 fully saturated rings. The van der Waals surface area contributed by atoms with Crippen molar-refractivity contribution in [3.63, 3.8) is 0 Å². The van der Waals surface area contributed by atoms with Gasteiger partial charge in [0.1, 0.15) is 0 Å². The van der Waals surface area contributed by atoms with Crippen LogP contribution in [-0.2, 0) is 9.53 Å². The summed E-state index contributed by atoms with van der Waals surface area (Å²) in [5.41, 5.74) is 5.49. The summed E-state index contributed by atoms with van der Waals surface area (Å²) < 4.78 is 4.93. The predicted molar refractivity (Wildman–Crippen MR) is 41.3 cm³/mol. The van der Waals surface area contributed by atoms with Gasteiger partial charge >= 0.3 is 5.97 Å². The molecule has 0 saturated heterocycles. The smallest absolute Gasteiger partial charge is 0.304 e. The highest BCUT2D eigenvalue weighted by molar-refractivity contribution is 5.67. The van der Waals surface area contributed by atoms with Crippen LogP contribution >= 0.6 is 0 Å². The summed E-state index contributed by atoms with van der Waals surface area (Å²) in [6, 6.07) is -0.303. The molecule has 0 bridgehead atoms. The summed E-state index contributed by atoms with van der Waals surface area (Å²) in [6.45, 7) is 1.86. The fourth-order valence-corrected chi connectivity index (χ4v) is 0.830. The number of hydrogen-bond acceptors (Lipinski definition) is 3. The number of carbonyl (C=O) groups is 1. The van der Waals surface area contributed by atoms with E-state index >= 15 is 0 Å². The van der Waals surface area contributed by atoms with Crippen LogP contribution in [0.4, 0.5) is 0 Å². The Bertz CT molecular complexity index is 127. The Labute approximate surface area is 66.3 Å². The molecule has 2 atom stereocenters. The van der Waals surface area contributed by atoms with Crippen molar-refractivity contribution >= 4 is 5.97 Å². The van der Waals surface area contributed by atoms with Crippen molar-refractivity contribution in [2.24, 2.45) is 5.73 Å². The number of nitrogens with two attached hydrogens (primary N) is 1. The first-order valence-electron chi connectivity index (χ1n) is 3.56. The van der Waals surface area contributed by atoms with Crippen molar-refractivity contribution in [1.29, 1.82) is 0 Å². The fourth-order valence-electron chi connectivity index (χ4n) is 0.830. The summed E-state index contributed by atoms with van der Waals surface area (Å²) in [6.07, 6.45) is 0.626. The Balaban J connectivity index is 3.51. The quantitative estimate of drug-likeness (QED) is 0.604. The van der Waals surface area contributed by atoms with Gasteiger partial charge in [0.25, 0.3) is 0 Å². The first kappa shape index (κ1) is 10.4. The summed E-state index contributed by atoms with van der Waals surface area (Å²) in [5, 5.41) is 8.35. The molecule has 3 N–H and O–H groups in total. The number of rotatable bonds is 5. The van der Waals surface area contributed by atoms with Crippen LogP contribution in [0.25, 0.3) is 0 Å². The third-order valence-corrected chi connectivity index (χ3v) is 1.47. The standard InChI is InChI=1S/C7H15NO3/c1-5(11-2)3-6(8)4-7(9)10/h5-6H,3-4,8H2,1-2H3,(H,9,10). The summed E-state index contributed by atoms with van der Waals surface area (Å²) in [5.74, 6) is -0.860. The van der Waals surface area contributed by atoms with Crippen LogP contribution in [0.1, 0.15) is 19.8 Å². The van der Waals surface area contributed by atoms with Crippen molar-refractivity contribution in [3.05, 3.63) is 0 Å². The third-order valence-electron chi connectivity index (χ3n) is 1.47. The van der Waals surface area contributed by atoms with Gasteiger partial charge in [0.15, 0.2) is 0 Å². The molecule has 0 spiro atoms. The lowest BCUT2D eigenvalue weighted by Crippen LogP contribution is -2.28. The van der Waals surface area contributed by atoms with Crippen LogP contribution in [0, 0.1) is 0 Å². The molecule has 66 valence electrons. The number of ether oxygens (including phenoxy) is 1. The zero-order valence-electron chi connectivity index (χ0n) is 6.91. The first-order valence-corrected chi connectivity index (χ1v) is 3.56. The molecule has 0 rings (SSSR count). The fraction of sp³-hybridized carbons (Fsp3) is 0.857. The minimum Gasteiger partial charge on any atom is -0.481 e. The van der Waals surface area contributed by atoms with Gasteiger partial charge in [0, 0.05) is 13.2 Å². The lowest BCUT2D eigenvalue weighted by atomic mass is 10.1. The van der Waals surface area contributed by atoms with Crippen LogP contribution < -0.4 is 5.73 Å². The highest BCUT2D eigenvalue weighted by atomic mass is 16.5. The summed E-state index contributed by atoms with van der Waals surface area (Å²) in [4.78, 5) is 10.2. The molecule has 11 heavy (non-hydrogen) atoms. The van der Waals surface area contributed by atoms with Crippen molar-refractivity contribution in [3.8, 4) is 0 Å². The number of aliphatic carboxylic acids is 1. The van der Waals surface area contributed by atoms with Gasteiger partial charge in [-0.15, -0.1) is 0 Å². The Hall–Kier alpha value is -0.610. The van der Waals surface area contributed by atoms with Crippen molar-refractivity contribution < 1.29 is 14.6 Å². The average Bonchev–Trinajstić information content (AvgIpc) is 1.85. The Morgan fingerprint density at radius 2 is 2.27 bits per heavy atom. The molecule has 0 saturated carbocycles. The SMILES string of the molecule is COC(C)CC(N)CC(=O)O. The monoisotopic (exact) mass is 161 g/mol. The van der Waals surface area contributed by atoms with Gasteiger partial charge in [-0.1, -0.05) is 0 Å². The topological polar surface area (TPSA) is 72.5 Å². The molecule has 2 unspecified atom stereocenters. The largest absolute Gasteiger partial charge is 0.481 e. The molecule has 0 amide bonds. The minimum absolute atomic E-state index is 0.00764. The van der Waals surface area contributed by atoms with Crippen LogP contribution in [0.3, 0.4) is 0 Å². The van der Waals surface area contributed by atoms with Crippen molar-refractivity contribution in [1.82, 2.24) is 0 Å². The van der Waals surface area contributed by atoms with E-state index in [9.17, 15) is 4.79 Å². The van der Waals surface area contributed by atoms with E-state index in [1.165, 1.54) is 0 Å². The lowest BCUT2D eigenvalue weighted by Gasteiger charge is -2.13. The van der Waals surface area contributed by atoms with Crippen LogP contribution in [0.5, 0.6) is 0 Å². The maximum atomic E-state index is 10.2. The number of methoxy groups -OCH3 is 1. The van der Waals surface area contributed by atoms with E-state index in [1.807, 2.05) is 6.92 Å². The van der Waals surface area contributed by atoms with E-state index in [1.54, 1.807) is 7.11 Å². The molecule has 4 nitrogen and oxygen atoms in total. The normalized spacial score (nSPS) is 15.9. The van der Waals surface area contributed by atoms with E-state index in [4.69, 9.17) is 15.6 Å². The highest BCUT2D eigenvalue weighted by Crippen LogP contribution is 2.01. The van der Waals surface area contributed by atoms with Crippen molar-refractivity contribution in [2.75, 3.05) is 7.11 Å². The van der Waals surface area contributed by atoms with Crippen LogP contribution in [0.2, 0.25) is 0 Å². The summed E-state index contributed by atoms with van der Waals surface area (Å²) >= 11 is 0. The number of carboxylic acids is 1. The second-order valence-electron chi connectivity index (χ2n) is 2.64. The Morgan fingerprint density at radius 3 is 2.64 bits per heavy atom. The Morgan fingerprint density at radius 1 is 1.73 bits per heavy atom. The van der Waals surface area contributed by atoms with Gasteiger partial charge in [-0.05, 0) is 13.3 Å². The van der Waals surface area contributed by atoms with Gasteiger partial charge < -0.3 is 15.6 Å². The van der Waals surface area contributed by atoms with E-state index in [-0.39, 0.29) is 18.6 Å². The molecule has 0 aromatic rings. The van der Waals surface area contributed by atoms with E-state index in [0.29, 0.717) is 6.42 Å². The Kier molecular flexibility index (Phi) is 4.81. The first-order chi connectivity index (χ1) is 5.06. The average molecular weight is 161 g/mol. The van der Waals surface area contributed by atoms with Gasteiger partial charge in [-0.25, -0.2) is 0 Å². The molecule has 0 aliphatic rings. The predicted octanol–water partition coefficient (Wildman–Crippen LogP) is 0.213. The lowest BCUT2D eigenvalue weighted by molar-refractivity contribution is -0.137. The zero-order valence-corrected chi connectivity index (χ0v) is 6.91. The molecule has 0 aromatic heterocycles. The molecule has 4 heteroatoms. The number of carboxylic acid groups (broad SMARTS) is 1. The molecule has 0 aromatic carbocycles. The van der Waals surface area contributed by atoms with Gasteiger partial charge in [0.05, 0.1) is 12.5 Å². The maximum absolute atomic E-state index is 10.2. The molecule has 0 aliphatic heterocycles. The van der Waals surface area contributed by atoms with Crippen LogP contribution in [0.15, 0.2) is 0 Å². The molecular weight excluding hydrogens is 146 g/mol. The van der Waals surface area contributed by atoms with Gasteiger partial charge in [0.2, 0.25) is 0 Å². The zero-order chi connectivity index (χ0) is 8.85. The van der Waals surface area contributed by atoms with E-state index < -0.39 is 5.97 Å². The van der Waals surface area contributed by atoms with Gasteiger partial charge in [-0.2, -0.15) is 0 Å². The third kappa shape index (κ3) is 5.82. The van der Waals surface area contributed by atoms with E-state index in [2.05, 4.69) is 0 Å². The molecular formula is C7H15NO3. The highest BCUT2D eigenvalue weighted by Gasteiger charge is 2.11. The molecule has 0 radical (unpaired) electrons. The second kappa shape index (κ2) is 5.09. The molecule has 0 heterocycles. The minimum atomic E-state index is -0.860. The van der Waals surface area contributed by atoms with Gasteiger partial charge in [-0.3, -0.25) is 4.79 Å². The van der Waals surface area contributed by atoms with E-state index in [0.717, 1.165) is 0 Å². The molecule has 0 aliphatic carbocycles. The summed E-state index contributed by atoms with van der Waals surface area (Å²) in [7, 11) is 1.58. The van der Waals surface area contributed by atoms with Crippen LogP contribution in [-0.4, -0.2) is 30.3 Å².